The molecule has 2 aromatic carbocycles. The van der Waals surface area contributed by atoms with Gasteiger partial charge in [-0.15, -0.1) is 0 Å². The van der Waals surface area contributed by atoms with Crippen LogP contribution >= 0.6 is 0 Å². The lowest BCUT2D eigenvalue weighted by Crippen LogP contribution is -2.47. The van der Waals surface area contributed by atoms with E-state index in [1.165, 1.54) is 6.07 Å². The Morgan fingerprint density at radius 2 is 1.90 bits per heavy atom. The van der Waals surface area contributed by atoms with Gasteiger partial charge in [0, 0.05) is 18.0 Å². The van der Waals surface area contributed by atoms with Crippen molar-refractivity contribution in [2.24, 2.45) is 11.8 Å². The molecule has 1 saturated heterocycles. The van der Waals surface area contributed by atoms with Crippen molar-refractivity contribution >= 4 is 12.1 Å². The van der Waals surface area contributed by atoms with Gasteiger partial charge >= 0.3 is 12.1 Å². The maximum absolute atomic E-state index is 14.2. The number of benzene rings is 2. The third-order valence-corrected chi connectivity index (χ3v) is 5.21. The summed E-state index contributed by atoms with van der Waals surface area (Å²) in [5.41, 5.74) is 0.514. The SMILES string of the molecule is CC(C)(C)OC(=O)N[C@@H](Cc1ccccc1)C1COC(=O)[C@@H]1Cc1ccc(F)cc1F. The monoisotopic (exact) mass is 431 g/mol. The molecular weight excluding hydrogens is 404 g/mol. The molecule has 1 amide bonds. The Morgan fingerprint density at radius 3 is 2.55 bits per heavy atom. The maximum Gasteiger partial charge on any atom is 0.407 e. The zero-order valence-electron chi connectivity index (χ0n) is 17.9. The first-order valence-electron chi connectivity index (χ1n) is 10.3. The van der Waals surface area contributed by atoms with Crippen LogP contribution in [-0.2, 0) is 27.1 Å². The van der Waals surface area contributed by atoms with E-state index in [9.17, 15) is 18.4 Å². The largest absolute Gasteiger partial charge is 0.465 e. The molecule has 1 N–H and O–H groups in total. The second kappa shape index (κ2) is 9.45. The molecule has 7 heteroatoms. The first-order valence-corrected chi connectivity index (χ1v) is 10.3. The van der Waals surface area contributed by atoms with Crippen molar-refractivity contribution in [1.29, 1.82) is 0 Å². The number of alkyl carbamates (subject to hydrolysis) is 1. The first kappa shape index (κ1) is 22.7. The lowest BCUT2D eigenvalue weighted by Gasteiger charge is -2.29. The van der Waals surface area contributed by atoms with E-state index < -0.39 is 47.2 Å². The molecule has 1 unspecified atom stereocenters. The predicted molar refractivity (Wildman–Crippen MR) is 111 cm³/mol. The Hall–Kier alpha value is -2.96. The van der Waals surface area contributed by atoms with E-state index in [4.69, 9.17) is 9.47 Å². The Bertz CT molecular complexity index is 927. The number of ether oxygens (including phenoxy) is 2. The number of hydrogen-bond donors (Lipinski definition) is 1. The van der Waals surface area contributed by atoms with E-state index in [-0.39, 0.29) is 18.6 Å². The zero-order chi connectivity index (χ0) is 22.6. The third-order valence-electron chi connectivity index (χ3n) is 5.21. The Kier molecular flexibility index (Phi) is 6.93. The van der Waals surface area contributed by atoms with Crippen molar-refractivity contribution in [3.63, 3.8) is 0 Å². The molecule has 3 rings (SSSR count). The number of hydrogen-bond acceptors (Lipinski definition) is 4. The second-order valence-corrected chi connectivity index (χ2v) is 8.78. The van der Waals surface area contributed by atoms with Gasteiger partial charge in [-0.1, -0.05) is 36.4 Å². The molecule has 166 valence electrons. The van der Waals surface area contributed by atoms with Crippen LogP contribution in [0.25, 0.3) is 0 Å². The molecule has 1 aliphatic rings. The van der Waals surface area contributed by atoms with Crippen LogP contribution < -0.4 is 5.32 Å². The summed E-state index contributed by atoms with van der Waals surface area (Å²) in [6, 6.07) is 12.3. The molecule has 0 saturated carbocycles. The summed E-state index contributed by atoms with van der Waals surface area (Å²) in [6.45, 7) is 5.39. The molecule has 0 aromatic heterocycles. The van der Waals surface area contributed by atoms with E-state index in [0.717, 1.165) is 17.7 Å². The van der Waals surface area contributed by atoms with Crippen molar-refractivity contribution in [3.8, 4) is 0 Å². The van der Waals surface area contributed by atoms with Crippen LogP contribution in [0.4, 0.5) is 13.6 Å². The summed E-state index contributed by atoms with van der Waals surface area (Å²) in [4.78, 5) is 25.0. The van der Waals surface area contributed by atoms with Gasteiger partial charge < -0.3 is 14.8 Å². The Balaban J connectivity index is 1.84. The molecule has 3 atom stereocenters. The number of esters is 1. The number of halogens is 2. The van der Waals surface area contributed by atoms with Crippen molar-refractivity contribution in [2.45, 2.75) is 45.3 Å². The van der Waals surface area contributed by atoms with Crippen LogP contribution in [0.5, 0.6) is 0 Å². The van der Waals surface area contributed by atoms with Crippen molar-refractivity contribution in [1.82, 2.24) is 5.32 Å². The lowest BCUT2D eigenvalue weighted by atomic mass is 9.82. The Morgan fingerprint density at radius 1 is 1.19 bits per heavy atom. The van der Waals surface area contributed by atoms with Gasteiger partial charge in [0.05, 0.1) is 12.5 Å². The van der Waals surface area contributed by atoms with Crippen LogP contribution in [0, 0.1) is 23.5 Å². The highest BCUT2D eigenvalue weighted by atomic mass is 19.1. The number of nitrogens with one attached hydrogen (secondary N) is 1. The summed E-state index contributed by atoms with van der Waals surface area (Å²) in [5, 5.41) is 2.88. The highest BCUT2D eigenvalue weighted by molar-refractivity contribution is 5.76. The lowest BCUT2D eigenvalue weighted by molar-refractivity contribution is -0.141. The van der Waals surface area contributed by atoms with E-state index in [1.54, 1.807) is 20.8 Å². The fraction of sp³-hybridized carbons (Fsp3) is 0.417. The van der Waals surface area contributed by atoms with Crippen LogP contribution in [-0.4, -0.2) is 30.3 Å². The molecule has 0 aliphatic carbocycles. The van der Waals surface area contributed by atoms with Crippen molar-refractivity contribution in [3.05, 3.63) is 71.3 Å². The molecule has 1 fully saturated rings. The van der Waals surface area contributed by atoms with Crippen LogP contribution in [0.3, 0.4) is 0 Å². The summed E-state index contributed by atoms with van der Waals surface area (Å²) in [7, 11) is 0. The van der Waals surface area contributed by atoms with Gasteiger partial charge in [0.2, 0.25) is 0 Å². The third kappa shape index (κ3) is 6.26. The van der Waals surface area contributed by atoms with E-state index in [1.807, 2.05) is 30.3 Å². The predicted octanol–water partition coefficient (Wildman–Crippen LogP) is 4.43. The summed E-state index contributed by atoms with van der Waals surface area (Å²) in [6.07, 6.45) is -0.0970. The number of carbonyl (C=O) groups excluding carboxylic acids is 2. The number of carbonyl (C=O) groups is 2. The van der Waals surface area contributed by atoms with Gasteiger partial charge in [0.1, 0.15) is 17.2 Å². The molecule has 1 aliphatic heterocycles. The van der Waals surface area contributed by atoms with Crippen LogP contribution in [0.15, 0.2) is 48.5 Å². The molecule has 0 bridgehead atoms. The molecular formula is C24H27F2NO4. The second-order valence-electron chi connectivity index (χ2n) is 8.78. The average Bonchev–Trinajstić information content (AvgIpc) is 3.03. The zero-order valence-corrected chi connectivity index (χ0v) is 17.9. The van der Waals surface area contributed by atoms with Crippen molar-refractivity contribution < 1.29 is 27.8 Å². The minimum absolute atomic E-state index is 0.0525. The standard InChI is InChI=1S/C24H27F2NO4/c1-24(2,3)31-23(29)27-21(11-15-7-5-4-6-8-15)19-14-30-22(28)18(19)12-16-9-10-17(25)13-20(16)26/h4-10,13,18-19,21H,11-12,14H2,1-3H3,(H,27,29)/t18-,19?,21+/m1/s1. The maximum atomic E-state index is 14.2. The molecule has 0 spiro atoms. The summed E-state index contributed by atoms with van der Waals surface area (Å²) < 4.78 is 38.2. The molecule has 31 heavy (non-hydrogen) atoms. The normalized spacial score (nSPS) is 19.6. The summed E-state index contributed by atoms with van der Waals surface area (Å²) >= 11 is 0. The average molecular weight is 431 g/mol. The van der Waals surface area contributed by atoms with Crippen LogP contribution in [0.2, 0.25) is 0 Å². The van der Waals surface area contributed by atoms with Crippen molar-refractivity contribution in [2.75, 3.05) is 6.61 Å². The van der Waals surface area contributed by atoms with Gasteiger partial charge in [0.25, 0.3) is 0 Å². The fourth-order valence-corrected chi connectivity index (χ4v) is 3.77. The minimum Gasteiger partial charge on any atom is -0.465 e. The topological polar surface area (TPSA) is 64.6 Å². The van der Waals surface area contributed by atoms with Gasteiger partial charge in [-0.25, -0.2) is 13.6 Å². The van der Waals surface area contributed by atoms with E-state index in [2.05, 4.69) is 5.32 Å². The van der Waals surface area contributed by atoms with Gasteiger partial charge in [0.15, 0.2) is 0 Å². The highest BCUT2D eigenvalue weighted by Crippen LogP contribution is 2.31. The van der Waals surface area contributed by atoms with Crippen LogP contribution in [0.1, 0.15) is 31.9 Å². The fourth-order valence-electron chi connectivity index (χ4n) is 3.77. The number of cyclic esters (lactones) is 1. The number of amides is 1. The quantitative estimate of drug-likeness (QED) is 0.687. The highest BCUT2D eigenvalue weighted by Gasteiger charge is 2.42. The van der Waals surface area contributed by atoms with E-state index >= 15 is 0 Å². The summed E-state index contributed by atoms with van der Waals surface area (Å²) in [5.74, 6) is -2.93. The van der Waals surface area contributed by atoms with E-state index in [0.29, 0.717) is 6.42 Å². The molecule has 5 nitrogen and oxygen atoms in total. The van der Waals surface area contributed by atoms with Gasteiger partial charge in [-0.2, -0.15) is 0 Å². The molecule has 2 aromatic rings. The molecule has 1 heterocycles. The Labute approximate surface area is 180 Å². The minimum atomic E-state index is -0.710. The smallest absolute Gasteiger partial charge is 0.407 e. The number of rotatable bonds is 6. The van der Waals surface area contributed by atoms with Gasteiger partial charge in [-0.05, 0) is 50.8 Å². The van der Waals surface area contributed by atoms with Gasteiger partial charge in [-0.3, -0.25) is 4.79 Å². The first-order chi connectivity index (χ1) is 14.6. The molecule has 0 radical (unpaired) electrons.